The van der Waals surface area contributed by atoms with Crippen LogP contribution in [-0.2, 0) is 10.9 Å². The molecule has 1 aliphatic heterocycles. The van der Waals surface area contributed by atoms with Crippen molar-refractivity contribution in [2.45, 2.75) is 51.9 Å². The van der Waals surface area contributed by atoms with Gasteiger partial charge in [0.1, 0.15) is 11.4 Å². The van der Waals surface area contributed by atoms with Gasteiger partial charge >= 0.3 is 12.3 Å². The Hall–Kier alpha value is -2.59. The van der Waals surface area contributed by atoms with Crippen LogP contribution >= 0.6 is 0 Å². The molecule has 0 saturated carbocycles. The van der Waals surface area contributed by atoms with Crippen molar-refractivity contribution in [1.29, 1.82) is 0 Å². The van der Waals surface area contributed by atoms with Crippen LogP contribution in [0.3, 0.4) is 0 Å². The third kappa shape index (κ3) is 4.40. The smallest absolute Gasteiger partial charge is 0.444 e. The van der Waals surface area contributed by atoms with Crippen LogP contribution in [0.1, 0.15) is 38.7 Å². The first-order valence-electron chi connectivity index (χ1n) is 8.48. The first kappa shape index (κ1) is 19.2. The number of halogens is 3. The van der Waals surface area contributed by atoms with Crippen molar-refractivity contribution < 1.29 is 22.7 Å². The molecule has 11 heteroatoms. The number of aryl methyl sites for hydroxylation is 1. The lowest BCUT2D eigenvalue weighted by Gasteiger charge is -2.22. The number of amides is 1. The Balaban J connectivity index is 1.80. The van der Waals surface area contributed by atoms with Gasteiger partial charge in [0.05, 0.1) is 6.04 Å². The number of hydrogen-bond acceptors (Lipinski definition) is 6. The summed E-state index contributed by atoms with van der Waals surface area (Å²) in [5.41, 5.74) is -0.0759. The summed E-state index contributed by atoms with van der Waals surface area (Å²) in [6.45, 7) is 7.95. The average molecular weight is 386 g/mol. The predicted octanol–water partition coefficient (Wildman–Crippen LogP) is 2.55. The SMILES string of the molecule is Cc1cc(N2CCC(NC(=O)OC(C)(C)C)C2)n2nc(C(F)(F)F)nc2n1. The van der Waals surface area contributed by atoms with Gasteiger partial charge in [0.25, 0.3) is 11.6 Å². The van der Waals surface area contributed by atoms with Crippen molar-refractivity contribution in [2.75, 3.05) is 18.0 Å². The van der Waals surface area contributed by atoms with Crippen molar-refractivity contribution in [3.05, 3.63) is 17.6 Å². The standard InChI is InChI=1S/C16H21F3N6O2/c1-9-7-11(25-13(20-9)22-12(23-25)16(17,18)19)24-6-5-10(8-24)21-14(26)27-15(2,3)4/h7,10H,5-6,8H2,1-4H3,(H,21,26). The number of rotatable bonds is 2. The molecule has 1 fully saturated rings. The summed E-state index contributed by atoms with van der Waals surface area (Å²) in [4.78, 5) is 21.3. The summed E-state index contributed by atoms with van der Waals surface area (Å²) >= 11 is 0. The topological polar surface area (TPSA) is 84.7 Å². The monoisotopic (exact) mass is 386 g/mol. The fraction of sp³-hybridized carbons (Fsp3) is 0.625. The summed E-state index contributed by atoms with van der Waals surface area (Å²) in [5.74, 6) is -0.889. The molecule has 0 aromatic carbocycles. The van der Waals surface area contributed by atoms with Gasteiger partial charge < -0.3 is 15.0 Å². The van der Waals surface area contributed by atoms with Crippen LogP contribution in [0.2, 0.25) is 0 Å². The molecule has 27 heavy (non-hydrogen) atoms. The number of nitrogens with zero attached hydrogens (tertiary/aromatic N) is 5. The first-order valence-corrected chi connectivity index (χ1v) is 8.48. The summed E-state index contributed by atoms with van der Waals surface area (Å²) in [6.07, 6.45) is -4.54. The van der Waals surface area contributed by atoms with Crippen LogP contribution in [0.4, 0.5) is 23.8 Å². The van der Waals surface area contributed by atoms with Crippen molar-refractivity contribution in [2.24, 2.45) is 0 Å². The lowest BCUT2D eigenvalue weighted by Crippen LogP contribution is -2.40. The molecule has 0 bridgehead atoms. The van der Waals surface area contributed by atoms with E-state index in [1.165, 1.54) is 0 Å². The van der Waals surface area contributed by atoms with Gasteiger partial charge in [-0.15, -0.1) is 5.10 Å². The number of ether oxygens (including phenoxy) is 1. The molecule has 1 unspecified atom stereocenters. The maximum Gasteiger partial charge on any atom is 0.453 e. The van der Waals surface area contributed by atoms with Crippen LogP contribution in [-0.4, -0.2) is 50.4 Å². The lowest BCUT2D eigenvalue weighted by molar-refractivity contribution is -0.144. The van der Waals surface area contributed by atoms with E-state index in [0.29, 0.717) is 31.0 Å². The number of hydrogen-bond donors (Lipinski definition) is 1. The number of aromatic nitrogens is 4. The van der Waals surface area contributed by atoms with E-state index in [1.54, 1.807) is 33.8 Å². The minimum atomic E-state index is -4.65. The Morgan fingerprint density at radius 3 is 2.63 bits per heavy atom. The Kier molecular flexibility index (Phi) is 4.64. The van der Waals surface area contributed by atoms with Crippen molar-refractivity contribution in [3.63, 3.8) is 0 Å². The molecule has 1 atom stereocenters. The molecule has 2 aromatic rings. The molecular weight excluding hydrogens is 365 g/mol. The molecule has 1 saturated heterocycles. The van der Waals surface area contributed by atoms with Gasteiger partial charge in [-0.1, -0.05) is 0 Å². The molecule has 3 heterocycles. The lowest BCUT2D eigenvalue weighted by atomic mass is 10.2. The second-order valence-electron chi connectivity index (χ2n) is 7.48. The van der Waals surface area contributed by atoms with Crippen LogP contribution < -0.4 is 10.2 Å². The summed E-state index contributed by atoms with van der Waals surface area (Å²) in [7, 11) is 0. The van der Waals surface area contributed by atoms with E-state index in [-0.39, 0.29) is 11.8 Å². The van der Waals surface area contributed by atoms with Gasteiger partial charge in [0, 0.05) is 24.8 Å². The van der Waals surface area contributed by atoms with Crippen LogP contribution in [0.5, 0.6) is 0 Å². The Morgan fingerprint density at radius 2 is 2.00 bits per heavy atom. The van der Waals surface area contributed by atoms with Gasteiger partial charge in [-0.05, 0) is 34.1 Å². The van der Waals surface area contributed by atoms with E-state index >= 15 is 0 Å². The van der Waals surface area contributed by atoms with E-state index < -0.39 is 23.7 Å². The van der Waals surface area contributed by atoms with Crippen molar-refractivity contribution >= 4 is 17.7 Å². The average Bonchev–Trinajstić information content (AvgIpc) is 3.10. The third-order valence-corrected chi connectivity index (χ3v) is 3.91. The molecular formula is C16H21F3N6O2. The molecule has 0 radical (unpaired) electrons. The zero-order valence-electron chi connectivity index (χ0n) is 15.5. The quantitative estimate of drug-likeness (QED) is 0.854. The van der Waals surface area contributed by atoms with E-state index in [9.17, 15) is 18.0 Å². The maximum atomic E-state index is 12.9. The fourth-order valence-electron chi connectivity index (χ4n) is 2.87. The van der Waals surface area contributed by atoms with Gasteiger partial charge in [0.2, 0.25) is 0 Å². The molecule has 1 amide bonds. The van der Waals surface area contributed by atoms with E-state index in [1.807, 2.05) is 4.90 Å². The van der Waals surface area contributed by atoms with E-state index in [4.69, 9.17) is 4.74 Å². The zero-order chi connectivity index (χ0) is 20.0. The minimum absolute atomic E-state index is 0.110. The number of alkyl halides is 3. The van der Waals surface area contributed by atoms with E-state index in [2.05, 4.69) is 20.4 Å². The Labute approximate surface area is 153 Å². The molecule has 1 N–H and O–H groups in total. The highest BCUT2D eigenvalue weighted by Gasteiger charge is 2.37. The molecule has 0 aliphatic carbocycles. The molecule has 148 valence electrons. The zero-order valence-corrected chi connectivity index (χ0v) is 15.5. The fourth-order valence-corrected chi connectivity index (χ4v) is 2.87. The number of carbonyl (C=O) groups is 1. The number of anilines is 1. The van der Waals surface area contributed by atoms with Crippen molar-refractivity contribution in [3.8, 4) is 0 Å². The molecule has 0 spiro atoms. The van der Waals surface area contributed by atoms with Gasteiger partial charge in [-0.25, -0.2) is 9.78 Å². The highest BCUT2D eigenvalue weighted by molar-refractivity contribution is 5.68. The van der Waals surface area contributed by atoms with Crippen LogP contribution in [0.25, 0.3) is 5.78 Å². The second-order valence-corrected chi connectivity index (χ2v) is 7.48. The summed E-state index contributed by atoms with van der Waals surface area (Å²) in [5, 5.41) is 6.35. The summed E-state index contributed by atoms with van der Waals surface area (Å²) in [6, 6.07) is 1.46. The third-order valence-electron chi connectivity index (χ3n) is 3.91. The largest absolute Gasteiger partial charge is 0.453 e. The Bertz CT molecular complexity index is 858. The van der Waals surface area contributed by atoms with E-state index in [0.717, 1.165) is 4.52 Å². The number of nitrogens with one attached hydrogen (secondary N) is 1. The Morgan fingerprint density at radius 1 is 1.30 bits per heavy atom. The molecule has 2 aromatic heterocycles. The second kappa shape index (κ2) is 6.54. The normalized spacial score (nSPS) is 18.2. The maximum absolute atomic E-state index is 12.9. The van der Waals surface area contributed by atoms with Crippen molar-refractivity contribution in [1.82, 2.24) is 24.9 Å². The predicted molar refractivity (Wildman–Crippen MR) is 90.5 cm³/mol. The first-order chi connectivity index (χ1) is 12.4. The minimum Gasteiger partial charge on any atom is -0.444 e. The molecule has 1 aliphatic rings. The highest BCUT2D eigenvalue weighted by atomic mass is 19.4. The van der Waals surface area contributed by atoms with Crippen LogP contribution in [0, 0.1) is 6.92 Å². The van der Waals surface area contributed by atoms with Gasteiger partial charge in [-0.3, -0.25) is 0 Å². The molecule has 8 nitrogen and oxygen atoms in total. The van der Waals surface area contributed by atoms with Gasteiger partial charge in [0.15, 0.2) is 0 Å². The number of fused-ring (bicyclic) bond motifs is 1. The molecule has 3 rings (SSSR count). The number of carbonyl (C=O) groups excluding carboxylic acids is 1. The van der Waals surface area contributed by atoms with Gasteiger partial charge in [-0.2, -0.15) is 22.7 Å². The summed E-state index contributed by atoms with van der Waals surface area (Å²) < 4.78 is 45.1. The van der Waals surface area contributed by atoms with Crippen LogP contribution in [0.15, 0.2) is 6.07 Å². The number of alkyl carbamates (subject to hydrolysis) is 1. The highest BCUT2D eigenvalue weighted by Crippen LogP contribution is 2.28.